The van der Waals surface area contributed by atoms with Gasteiger partial charge in [0, 0.05) is 41.6 Å². The van der Waals surface area contributed by atoms with Gasteiger partial charge in [-0.05, 0) is 75.0 Å². The van der Waals surface area contributed by atoms with E-state index in [0.717, 1.165) is 29.9 Å². The summed E-state index contributed by atoms with van der Waals surface area (Å²) in [5, 5.41) is 4.43. The highest BCUT2D eigenvalue weighted by molar-refractivity contribution is 5.85. The van der Waals surface area contributed by atoms with Crippen molar-refractivity contribution in [3.05, 3.63) is 60.0 Å². The molecule has 2 aliphatic heterocycles. The van der Waals surface area contributed by atoms with E-state index in [1.807, 2.05) is 25.3 Å². The Bertz CT molecular complexity index is 974. The molecule has 2 fully saturated rings. The number of hydrogen-bond acceptors (Lipinski definition) is 2. The van der Waals surface area contributed by atoms with Gasteiger partial charge in [-0.2, -0.15) is 0 Å². The molecule has 2 aliphatic rings. The lowest BCUT2D eigenvalue weighted by Gasteiger charge is -2.40. The fourth-order valence-electron chi connectivity index (χ4n) is 4.94. The number of aromatic nitrogens is 1. The van der Waals surface area contributed by atoms with E-state index in [-0.39, 0.29) is 5.82 Å². The van der Waals surface area contributed by atoms with Gasteiger partial charge >= 0.3 is 0 Å². The van der Waals surface area contributed by atoms with Crippen molar-refractivity contribution in [3.8, 4) is 5.69 Å². The van der Waals surface area contributed by atoms with Gasteiger partial charge in [-0.1, -0.05) is 12.1 Å². The zero-order chi connectivity index (χ0) is 18.4. The standard InChI is InChI=1S/C23H26FN3/c1-17-6-7-21(24)20-8-13-27(22(17)20)19-5-2-4-18(16-19)26-14-10-23(11-15-26)9-3-12-25-23/h2,4-8,13,16,25H,3,9-12,14-15H2,1H3. The lowest BCUT2D eigenvalue weighted by atomic mass is 9.86. The molecular weight excluding hydrogens is 337 g/mol. The van der Waals surface area contributed by atoms with Crippen molar-refractivity contribution in [1.29, 1.82) is 0 Å². The van der Waals surface area contributed by atoms with E-state index in [1.165, 1.54) is 37.9 Å². The van der Waals surface area contributed by atoms with Gasteiger partial charge in [0.1, 0.15) is 5.82 Å². The Kier molecular flexibility index (Phi) is 3.97. The summed E-state index contributed by atoms with van der Waals surface area (Å²) in [5.74, 6) is -0.157. The molecule has 27 heavy (non-hydrogen) atoms. The zero-order valence-corrected chi connectivity index (χ0v) is 15.8. The van der Waals surface area contributed by atoms with Crippen molar-refractivity contribution in [2.24, 2.45) is 0 Å². The molecule has 3 heterocycles. The largest absolute Gasteiger partial charge is 0.371 e. The van der Waals surface area contributed by atoms with Crippen molar-refractivity contribution < 1.29 is 4.39 Å². The first-order chi connectivity index (χ1) is 13.2. The average Bonchev–Trinajstić information content (AvgIpc) is 3.34. The molecule has 0 bridgehead atoms. The summed E-state index contributed by atoms with van der Waals surface area (Å²) in [6.07, 6.45) is 7.04. The Morgan fingerprint density at radius 3 is 2.59 bits per heavy atom. The minimum atomic E-state index is -0.157. The number of rotatable bonds is 2. The predicted molar refractivity (Wildman–Crippen MR) is 109 cm³/mol. The number of fused-ring (bicyclic) bond motifs is 1. The van der Waals surface area contributed by atoms with Crippen LogP contribution in [0, 0.1) is 12.7 Å². The van der Waals surface area contributed by atoms with Crippen molar-refractivity contribution in [3.63, 3.8) is 0 Å². The highest BCUT2D eigenvalue weighted by Gasteiger charge is 2.36. The third-order valence-corrected chi connectivity index (χ3v) is 6.52. The van der Waals surface area contributed by atoms with Gasteiger partial charge in [-0.3, -0.25) is 0 Å². The Balaban J connectivity index is 1.46. The smallest absolute Gasteiger partial charge is 0.132 e. The van der Waals surface area contributed by atoms with Crippen molar-refractivity contribution in [1.82, 2.24) is 9.88 Å². The van der Waals surface area contributed by atoms with E-state index < -0.39 is 0 Å². The van der Waals surface area contributed by atoms with Gasteiger partial charge in [-0.15, -0.1) is 0 Å². The zero-order valence-electron chi connectivity index (χ0n) is 15.8. The second-order valence-corrected chi connectivity index (χ2v) is 8.13. The maximum Gasteiger partial charge on any atom is 0.132 e. The Morgan fingerprint density at radius 2 is 1.81 bits per heavy atom. The summed E-state index contributed by atoms with van der Waals surface area (Å²) in [7, 11) is 0. The van der Waals surface area contributed by atoms with Gasteiger partial charge < -0.3 is 14.8 Å². The highest BCUT2D eigenvalue weighted by Crippen LogP contribution is 2.34. The first kappa shape index (κ1) is 16.8. The van der Waals surface area contributed by atoms with E-state index in [2.05, 4.69) is 39.0 Å². The molecule has 1 N–H and O–H groups in total. The van der Waals surface area contributed by atoms with Crippen LogP contribution in [0.15, 0.2) is 48.7 Å². The van der Waals surface area contributed by atoms with Crippen molar-refractivity contribution in [2.45, 2.75) is 38.1 Å². The number of nitrogens with one attached hydrogen (secondary N) is 1. The molecule has 2 aromatic carbocycles. The molecule has 5 rings (SSSR count). The molecule has 0 aliphatic carbocycles. The van der Waals surface area contributed by atoms with Gasteiger partial charge in [0.25, 0.3) is 0 Å². The molecule has 0 amide bonds. The number of hydrogen-bond donors (Lipinski definition) is 1. The van der Waals surface area contributed by atoms with E-state index in [9.17, 15) is 4.39 Å². The second-order valence-electron chi connectivity index (χ2n) is 8.13. The van der Waals surface area contributed by atoms with Crippen LogP contribution in [0.25, 0.3) is 16.6 Å². The molecule has 140 valence electrons. The molecule has 1 spiro atoms. The van der Waals surface area contributed by atoms with Crippen LogP contribution in [-0.4, -0.2) is 29.7 Å². The minimum Gasteiger partial charge on any atom is -0.371 e. The second kappa shape index (κ2) is 6.38. The minimum absolute atomic E-state index is 0.157. The Morgan fingerprint density at radius 1 is 1.00 bits per heavy atom. The number of piperidine rings is 1. The molecule has 2 saturated heterocycles. The molecule has 4 heteroatoms. The Hall–Kier alpha value is -2.33. The Labute approximate surface area is 159 Å². The predicted octanol–water partition coefficient (Wildman–Crippen LogP) is 4.80. The first-order valence-corrected chi connectivity index (χ1v) is 10.0. The molecule has 0 atom stereocenters. The third-order valence-electron chi connectivity index (χ3n) is 6.52. The lowest BCUT2D eigenvalue weighted by molar-refractivity contribution is 0.297. The number of nitrogens with zero attached hydrogens (tertiary/aromatic N) is 2. The van der Waals surface area contributed by atoms with Gasteiger partial charge in [0.2, 0.25) is 0 Å². The molecule has 0 unspecified atom stereocenters. The first-order valence-electron chi connectivity index (χ1n) is 10.0. The van der Waals surface area contributed by atoms with Gasteiger partial charge in [-0.25, -0.2) is 4.39 Å². The van der Waals surface area contributed by atoms with E-state index in [1.54, 1.807) is 6.07 Å². The number of anilines is 1. The van der Waals surface area contributed by atoms with Crippen LogP contribution in [0.5, 0.6) is 0 Å². The SMILES string of the molecule is Cc1ccc(F)c2ccn(-c3cccc(N4CCC5(CCCN5)CC4)c3)c12. The highest BCUT2D eigenvalue weighted by atomic mass is 19.1. The number of halogens is 1. The number of benzene rings is 2. The average molecular weight is 363 g/mol. The summed E-state index contributed by atoms with van der Waals surface area (Å²) in [4.78, 5) is 2.49. The quantitative estimate of drug-likeness (QED) is 0.706. The summed E-state index contributed by atoms with van der Waals surface area (Å²) >= 11 is 0. The molecule has 0 radical (unpaired) electrons. The molecule has 0 saturated carbocycles. The van der Waals surface area contributed by atoms with Crippen molar-refractivity contribution >= 4 is 16.6 Å². The fourth-order valence-corrected chi connectivity index (χ4v) is 4.94. The van der Waals surface area contributed by atoms with Crippen LogP contribution in [0.1, 0.15) is 31.2 Å². The van der Waals surface area contributed by atoms with E-state index >= 15 is 0 Å². The van der Waals surface area contributed by atoms with Crippen LogP contribution in [0.3, 0.4) is 0 Å². The maximum absolute atomic E-state index is 14.2. The summed E-state index contributed by atoms with van der Waals surface area (Å²) < 4.78 is 16.3. The number of aryl methyl sites for hydroxylation is 1. The monoisotopic (exact) mass is 363 g/mol. The molecule has 3 nitrogen and oxygen atoms in total. The van der Waals surface area contributed by atoms with E-state index in [4.69, 9.17) is 0 Å². The van der Waals surface area contributed by atoms with Crippen LogP contribution in [0.2, 0.25) is 0 Å². The van der Waals surface area contributed by atoms with Crippen molar-refractivity contribution in [2.75, 3.05) is 24.5 Å². The summed E-state index contributed by atoms with van der Waals surface area (Å²) in [5.41, 5.74) is 4.79. The van der Waals surface area contributed by atoms with Gasteiger partial charge in [0.05, 0.1) is 5.52 Å². The van der Waals surface area contributed by atoms with Gasteiger partial charge in [0.15, 0.2) is 0 Å². The molecule has 1 aromatic heterocycles. The molecule has 3 aromatic rings. The maximum atomic E-state index is 14.2. The van der Waals surface area contributed by atoms with Crippen LogP contribution >= 0.6 is 0 Å². The summed E-state index contributed by atoms with van der Waals surface area (Å²) in [6.45, 7) is 5.40. The van der Waals surface area contributed by atoms with E-state index in [0.29, 0.717) is 10.9 Å². The van der Waals surface area contributed by atoms with Crippen LogP contribution in [0.4, 0.5) is 10.1 Å². The van der Waals surface area contributed by atoms with Crippen LogP contribution < -0.4 is 10.2 Å². The third kappa shape index (κ3) is 2.83. The summed E-state index contributed by atoms with van der Waals surface area (Å²) in [6, 6.07) is 13.9. The normalized spacial score (nSPS) is 19.3. The molecular formula is C23H26FN3. The topological polar surface area (TPSA) is 20.2 Å². The van der Waals surface area contributed by atoms with Crippen LogP contribution in [-0.2, 0) is 0 Å². The lowest BCUT2D eigenvalue weighted by Crippen LogP contribution is -2.50. The fraction of sp³-hybridized carbons (Fsp3) is 0.391.